The highest BCUT2D eigenvalue weighted by molar-refractivity contribution is 7.07. The van der Waals surface area contributed by atoms with Crippen molar-refractivity contribution in [3.05, 3.63) is 22.4 Å². The van der Waals surface area contributed by atoms with E-state index in [1.54, 1.807) is 11.3 Å². The van der Waals surface area contributed by atoms with Gasteiger partial charge in [0.05, 0.1) is 0 Å². The number of alkyl halides is 2. The van der Waals surface area contributed by atoms with E-state index in [-0.39, 0.29) is 25.3 Å². The molecule has 0 saturated carbocycles. The summed E-state index contributed by atoms with van der Waals surface area (Å²) < 4.78 is 27.0. The highest BCUT2D eigenvalue weighted by Gasteiger charge is 2.42. The zero-order chi connectivity index (χ0) is 13.0. The number of aryl methyl sites for hydroxylation is 1. The Balaban J connectivity index is 1.79. The standard InChI is InChI=1S/C12H16F2N2OS/c13-12(14)4-5-15-7-10(12)16-11(17)2-1-9-3-6-18-8-9/h3,6,8,10,15H,1-2,4-5,7H2,(H,16,17). The second kappa shape index (κ2) is 5.75. The monoisotopic (exact) mass is 274 g/mol. The molecule has 1 aromatic heterocycles. The molecule has 0 aliphatic carbocycles. The summed E-state index contributed by atoms with van der Waals surface area (Å²) >= 11 is 1.56. The van der Waals surface area contributed by atoms with Crippen molar-refractivity contribution in [2.24, 2.45) is 0 Å². The van der Waals surface area contributed by atoms with Gasteiger partial charge in [-0.25, -0.2) is 8.78 Å². The summed E-state index contributed by atoms with van der Waals surface area (Å²) in [6, 6.07) is 0.857. The van der Waals surface area contributed by atoms with Gasteiger partial charge in [-0.2, -0.15) is 11.3 Å². The van der Waals surface area contributed by atoms with Gasteiger partial charge >= 0.3 is 0 Å². The first-order valence-corrected chi connectivity index (χ1v) is 6.91. The molecule has 1 atom stereocenters. The molecule has 0 spiro atoms. The lowest BCUT2D eigenvalue weighted by molar-refractivity contribution is -0.127. The van der Waals surface area contributed by atoms with Crippen LogP contribution in [0.15, 0.2) is 16.8 Å². The summed E-state index contributed by atoms with van der Waals surface area (Å²) in [5.74, 6) is -3.11. The Bertz CT molecular complexity index is 395. The Morgan fingerprint density at radius 1 is 1.61 bits per heavy atom. The maximum absolute atomic E-state index is 13.5. The van der Waals surface area contributed by atoms with E-state index >= 15 is 0 Å². The number of hydrogen-bond acceptors (Lipinski definition) is 3. The number of carbonyl (C=O) groups is 1. The molecule has 0 radical (unpaired) electrons. The van der Waals surface area contributed by atoms with Crippen LogP contribution in [0.2, 0.25) is 0 Å². The van der Waals surface area contributed by atoms with E-state index in [4.69, 9.17) is 0 Å². The minimum atomic E-state index is -2.80. The molecule has 0 aromatic carbocycles. The van der Waals surface area contributed by atoms with Crippen LogP contribution in [0.4, 0.5) is 8.78 Å². The van der Waals surface area contributed by atoms with Gasteiger partial charge in [0.2, 0.25) is 5.91 Å². The first kappa shape index (κ1) is 13.4. The van der Waals surface area contributed by atoms with Crippen molar-refractivity contribution >= 4 is 17.2 Å². The average Bonchev–Trinajstić information content (AvgIpc) is 2.82. The Kier molecular flexibility index (Phi) is 4.29. The molecule has 2 rings (SSSR count). The third kappa shape index (κ3) is 3.49. The van der Waals surface area contributed by atoms with E-state index in [9.17, 15) is 13.6 Å². The van der Waals surface area contributed by atoms with Crippen LogP contribution in [0, 0.1) is 0 Å². The molecular formula is C12H16F2N2OS. The predicted molar refractivity (Wildman–Crippen MR) is 67.0 cm³/mol. The van der Waals surface area contributed by atoms with Crippen LogP contribution in [-0.2, 0) is 11.2 Å². The molecule has 1 fully saturated rings. The van der Waals surface area contributed by atoms with Crippen molar-refractivity contribution in [1.29, 1.82) is 0 Å². The van der Waals surface area contributed by atoms with Crippen molar-refractivity contribution in [2.75, 3.05) is 13.1 Å². The van der Waals surface area contributed by atoms with Gasteiger partial charge in [0.1, 0.15) is 6.04 Å². The SMILES string of the molecule is O=C(CCc1ccsc1)NC1CNCCC1(F)F. The molecule has 18 heavy (non-hydrogen) atoms. The number of halogens is 2. The van der Waals surface area contributed by atoms with Crippen LogP contribution in [-0.4, -0.2) is 31.0 Å². The fourth-order valence-electron chi connectivity index (χ4n) is 1.94. The number of thiophene rings is 1. The van der Waals surface area contributed by atoms with Gasteiger partial charge < -0.3 is 10.6 Å². The molecule has 2 heterocycles. The normalized spacial score (nSPS) is 22.7. The Morgan fingerprint density at radius 3 is 3.11 bits per heavy atom. The lowest BCUT2D eigenvalue weighted by Crippen LogP contribution is -2.57. The molecule has 100 valence electrons. The van der Waals surface area contributed by atoms with E-state index in [1.165, 1.54) is 0 Å². The number of nitrogens with one attached hydrogen (secondary N) is 2. The van der Waals surface area contributed by atoms with Crippen molar-refractivity contribution in [3.8, 4) is 0 Å². The van der Waals surface area contributed by atoms with E-state index in [1.807, 2.05) is 16.8 Å². The second-order valence-electron chi connectivity index (χ2n) is 4.47. The van der Waals surface area contributed by atoms with Gasteiger partial charge in [0.25, 0.3) is 5.92 Å². The molecule has 1 amide bonds. The van der Waals surface area contributed by atoms with Gasteiger partial charge in [-0.05, 0) is 28.8 Å². The maximum Gasteiger partial charge on any atom is 0.270 e. The van der Waals surface area contributed by atoms with Gasteiger partial charge in [-0.1, -0.05) is 0 Å². The minimum absolute atomic E-state index is 0.136. The fraction of sp³-hybridized carbons (Fsp3) is 0.583. The van der Waals surface area contributed by atoms with Crippen LogP contribution in [0.5, 0.6) is 0 Å². The van der Waals surface area contributed by atoms with Gasteiger partial charge in [0.15, 0.2) is 0 Å². The van der Waals surface area contributed by atoms with Crippen molar-refractivity contribution in [1.82, 2.24) is 10.6 Å². The third-order valence-electron chi connectivity index (χ3n) is 3.05. The average molecular weight is 274 g/mol. The van der Waals surface area contributed by atoms with Crippen molar-refractivity contribution < 1.29 is 13.6 Å². The Hall–Kier alpha value is -1.01. The molecule has 1 unspecified atom stereocenters. The molecule has 1 aromatic rings. The van der Waals surface area contributed by atoms with E-state index in [0.29, 0.717) is 13.0 Å². The molecule has 1 aliphatic heterocycles. The summed E-state index contributed by atoms with van der Waals surface area (Å²) in [4.78, 5) is 11.6. The molecule has 0 bridgehead atoms. The highest BCUT2D eigenvalue weighted by Crippen LogP contribution is 2.25. The minimum Gasteiger partial charge on any atom is -0.346 e. The molecule has 3 nitrogen and oxygen atoms in total. The number of amides is 1. The molecule has 1 saturated heterocycles. The first-order chi connectivity index (χ1) is 8.58. The Labute approximate surface area is 109 Å². The lowest BCUT2D eigenvalue weighted by Gasteiger charge is -2.32. The second-order valence-corrected chi connectivity index (χ2v) is 5.25. The molecular weight excluding hydrogens is 258 g/mol. The van der Waals surface area contributed by atoms with E-state index < -0.39 is 12.0 Å². The van der Waals surface area contributed by atoms with E-state index in [0.717, 1.165) is 5.56 Å². The largest absolute Gasteiger partial charge is 0.346 e. The number of hydrogen-bond donors (Lipinski definition) is 2. The summed E-state index contributed by atoms with van der Waals surface area (Å²) in [5, 5.41) is 9.20. The summed E-state index contributed by atoms with van der Waals surface area (Å²) in [5.41, 5.74) is 1.07. The lowest BCUT2D eigenvalue weighted by atomic mass is 10.0. The number of carbonyl (C=O) groups excluding carboxylic acids is 1. The zero-order valence-electron chi connectivity index (χ0n) is 9.92. The van der Waals surface area contributed by atoms with Crippen LogP contribution in [0.3, 0.4) is 0 Å². The maximum atomic E-state index is 13.5. The van der Waals surface area contributed by atoms with E-state index in [2.05, 4.69) is 10.6 Å². The topological polar surface area (TPSA) is 41.1 Å². The molecule has 2 N–H and O–H groups in total. The van der Waals surface area contributed by atoms with Gasteiger partial charge in [0, 0.05) is 25.9 Å². The van der Waals surface area contributed by atoms with Crippen molar-refractivity contribution in [3.63, 3.8) is 0 Å². The summed E-state index contributed by atoms with van der Waals surface area (Å²) in [6.07, 6.45) is 0.632. The smallest absolute Gasteiger partial charge is 0.270 e. The molecule has 1 aliphatic rings. The zero-order valence-corrected chi connectivity index (χ0v) is 10.7. The van der Waals surface area contributed by atoms with Crippen LogP contribution in [0.1, 0.15) is 18.4 Å². The van der Waals surface area contributed by atoms with Crippen LogP contribution >= 0.6 is 11.3 Å². The third-order valence-corrected chi connectivity index (χ3v) is 3.78. The predicted octanol–water partition coefficient (Wildman–Crippen LogP) is 1.79. The molecule has 6 heteroatoms. The van der Waals surface area contributed by atoms with Crippen molar-refractivity contribution in [2.45, 2.75) is 31.2 Å². The van der Waals surface area contributed by atoms with Gasteiger partial charge in [-0.15, -0.1) is 0 Å². The summed E-state index contributed by atoms with van der Waals surface area (Å²) in [6.45, 7) is 0.436. The van der Waals surface area contributed by atoms with Crippen LogP contribution < -0.4 is 10.6 Å². The number of rotatable bonds is 4. The summed E-state index contributed by atoms with van der Waals surface area (Å²) in [7, 11) is 0. The Morgan fingerprint density at radius 2 is 2.44 bits per heavy atom. The van der Waals surface area contributed by atoms with Gasteiger partial charge in [-0.3, -0.25) is 4.79 Å². The number of piperidine rings is 1. The quantitative estimate of drug-likeness (QED) is 0.879. The fourth-order valence-corrected chi connectivity index (χ4v) is 2.64. The highest BCUT2D eigenvalue weighted by atomic mass is 32.1. The van der Waals surface area contributed by atoms with Crippen LogP contribution in [0.25, 0.3) is 0 Å². The first-order valence-electron chi connectivity index (χ1n) is 5.97.